The summed E-state index contributed by atoms with van der Waals surface area (Å²) in [6, 6.07) is 13.3. The van der Waals surface area contributed by atoms with E-state index in [9.17, 15) is 14.7 Å². The van der Waals surface area contributed by atoms with Crippen LogP contribution in [0.3, 0.4) is 0 Å². The van der Waals surface area contributed by atoms with E-state index in [2.05, 4.69) is 34.6 Å². The van der Waals surface area contributed by atoms with Crippen molar-refractivity contribution in [1.82, 2.24) is 9.80 Å². The third-order valence-corrected chi connectivity index (χ3v) is 6.61. The normalized spacial score (nSPS) is 18.4. The van der Waals surface area contributed by atoms with E-state index in [0.717, 1.165) is 16.7 Å². The lowest BCUT2D eigenvalue weighted by Gasteiger charge is -2.27. The molecule has 0 aliphatic carbocycles. The van der Waals surface area contributed by atoms with Crippen molar-refractivity contribution in [1.29, 1.82) is 0 Å². The van der Waals surface area contributed by atoms with Crippen molar-refractivity contribution in [2.75, 3.05) is 27.2 Å². The number of ketones is 1. The van der Waals surface area contributed by atoms with Gasteiger partial charge in [0.15, 0.2) is 0 Å². The number of likely N-dealkylation sites (N-methyl/N-ethyl adjacent to an activating group) is 1. The zero-order chi connectivity index (χ0) is 25.4. The van der Waals surface area contributed by atoms with Crippen molar-refractivity contribution in [3.8, 4) is 0 Å². The average Bonchev–Trinajstić information content (AvgIpc) is 3.01. The number of nitrogens with zero attached hydrogens (tertiary/aromatic N) is 2. The van der Waals surface area contributed by atoms with Crippen molar-refractivity contribution in [3.05, 3.63) is 75.9 Å². The molecular weight excluding hydrogens is 424 g/mol. The van der Waals surface area contributed by atoms with Gasteiger partial charge >= 0.3 is 0 Å². The molecule has 34 heavy (non-hydrogen) atoms. The molecular formula is C29H38N2O3. The van der Waals surface area contributed by atoms with Crippen LogP contribution < -0.4 is 0 Å². The van der Waals surface area contributed by atoms with E-state index in [1.54, 1.807) is 4.90 Å². The first-order valence-corrected chi connectivity index (χ1v) is 12.0. The van der Waals surface area contributed by atoms with Crippen LogP contribution in [0.4, 0.5) is 0 Å². The number of aliphatic hydroxyl groups is 1. The van der Waals surface area contributed by atoms with Crippen LogP contribution in [0.25, 0.3) is 5.76 Å². The number of aryl methyl sites for hydroxylation is 1. The fourth-order valence-electron chi connectivity index (χ4n) is 4.32. The van der Waals surface area contributed by atoms with Crippen LogP contribution in [-0.2, 0) is 15.0 Å². The van der Waals surface area contributed by atoms with Crippen LogP contribution in [0.5, 0.6) is 0 Å². The highest BCUT2D eigenvalue weighted by molar-refractivity contribution is 6.46. The van der Waals surface area contributed by atoms with Gasteiger partial charge in [-0.25, -0.2) is 0 Å². The second kappa shape index (κ2) is 9.75. The number of benzene rings is 2. The standard InChI is InChI=1S/C29H38N2O3/c1-18(2)20-10-12-21(13-11-20)25-24(27(33)28(34)31(25)16-15-30(7)8)26(32)23-17-22(29(4,5)6)14-9-19(23)3/h9-14,17-18,25,32H,15-16H2,1-8H3/b26-24+. The van der Waals surface area contributed by atoms with Crippen LogP contribution in [0.15, 0.2) is 48.0 Å². The SMILES string of the molecule is Cc1ccc(C(C)(C)C)cc1/C(O)=C1\C(=O)C(=O)N(CCN(C)C)C1c1ccc(C(C)C)cc1. The summed E-state index contributed by atoms with van der Waals surface area (Å²) in [6.07, 6.45) is 0. The zero-order valence-corrected chi connectivity index (χ0v) is 21.8. The molecule has 2 aromatic rings. The zero-order valence-electron chi connectivity index (χ0n) is 21.8. The van der Waals surface area contributed by atoms with Gasteiger partial charge in [-0.3, -0.25) is 9.59 Å². The molecule has 2 aromatic carbocycles. The lowest BCUT2D eigenvalue weighted by molar-refractivity contribution is -0.140. The Labute approximate surface area is 204 Å². The highest BCUT2D eigenvalue weighted by Gasteiger charge is 2.46. The van der Waals surface area contributed by atoms with Crippen LogP contribution in [-0.4, -0.2) is 53.8 Å². The molecule has 1 aliphatic heterocycles. The van der Waals surface area contributed by atoms with Gasteiger partial charge in [0, 0.05) is 18.7 Å². The minimum atomic E-state index is -0.630. The number of Topliss-reactive ketones (excluding diaryl/α,β-unsaturated/α-hetero) is 1. The van der Waals surface area contributed by atoms with E-state index in [1.165, 1.54) is 5.56 Å². The fourth-order valence-corrected chi connectivity index (χ4v) is 4.32. The number of carbonyl (C=O) groups excluding carboxylic acids is 2. The second-order valence-electron chi connectivity index (χ2n) is 10.9. The minimum Gasteiger partial charge on any atom is -0.507 e. The molecule has 5 heteroatoms. The summed E-state index contributed by atoms with van der Waals surface area (Å²) in [7, 11) is 3.87. The maximum Gasteiger partial charge on any atom is 0.295 e. The maximum atomic E-state index is 13.3. The summed E-state index contributed by atoms with van der Waals surface area (Å²) in [4.78, 5) is 30.0. The molecule has 1 N–H and O–H groups in total. The first kappa shape index (κ1) is 25.7. The van der Waals surface area contributed by atoms with Gasteiger partial charge in [0.25, 0.3) is 11.7 Å². The van der Waals surface area contributed by atoms with Gasteiger partial charge < -0.3 is 14.9 Å². The molecule has 1 atom stereocenters. The van der Waals surface area contributed by atoms with Gasteiger partial charge in [-0.05, 0) is 60.7 Å². The highest BCUT2D eigenvalue weighted by Crippen LogP contribution is 2.40. The van der Waals surface area contributed by atoms with Gasteiger partial charge in [0.1, 0.15) is 5.76 Å². The lowest BCUT2D eigenvalue weighted by Crippen LogP contribution is -2.35. The summed E-state index contributed by atoms with van der Waals surface area (Å²) in [5.41, 5.74) is 4.57. The smallest absolute Gasteiger partial charge is 0.295 e. The Morgan fingerprint density at radius 3 is 2.21 bits per heavy atom. The number of amides is 1. The van der Waals surface area contributed by atoms with E-state index in [-0.39, 0.29) is 16.7 Å². The van der Waals surface area contributed by atoms with Gasteiger partial charge in [0.05, 0.1) is 11.6 Å². The van der Waals surface area contributed by atoms with Gasteiger partial charge in [-0.2, -0.15) is 0 Å². The Bertz CT molecular complexity index is 1110. The molecule has 1 amide bonds. The maximum absolute atomic E-state index is 13.3. The van der Waals surface area contributed by atoms with Crippen LogP contribution >= 0.6 is 0 Å². The first-order valence-electron chi connectivity index (χ1n) is 12.0. The molecule has 3 rings (SSSR count). The Morgan fingerprint density at radius 1 is 1.06 bits per heavy atom. The van der Waals surface area contributed by atoms with E-state index < -0.39 is 17.7 Å². The van der Waals surface area contributed by atoms with E-state index in [1.807, 2.05) is 68.4 Å². The van der Waals surface area contributed by atoms with E-state index in [4.69, 9.17) is 0 Å². The summed E-state index contributed by atoms with van der Waals surface area (Å²) >= 11 is 0. The number of carbonyl (C=O) groups is 2. The number of hydrogen-bond donors (Lipinski definition) is 1. The number of hydrogen-bond acceptors (Lipinski definition) is 4. The van der Waals surface area contributed by atoms with Gasteiger partial charge in [-0.1, -0.05) is 71.0 Å². The van der Waals surface area contributed by atoms with Gasteiger partial charge in [-0.15, -0.1) is 0 Å². The average molecular weight is 463 g/mol. The molecule has 1 saturated heterocycles. The van der Waals surface area contributed by atoms with Crippen molar-refractivity contribution in [2.45, 2.75) is 58.9 Å². The molecule has 0 radical (unpaired) electrons. The number of likely N-dealkylation sites (tertiary alicyclic amines) is 1. The molecule has 1 heterocycles. The quantitative estimate of drug-likeness (QED) is 0.355. The molecule has 0 spiro atoms. The van der Waals surface area contributed by atoms with Crippen molar-refractivity contribution in [2.24, 2.45) is 0 Å². The predicted molar refractivity (Wildman–Crippen MR) is 138 cm³/mol. The summed E-state index contributed by atoms with van der Waals surface area (Å²) < 4.78 is 0. The van der Waals surface area contributed by atoms with Crippen molar-refractivity contribution < 1.29 is 14.7 Å². The molecule has 0 aromatic heterocycles. The Balaban J connectivity index is 2.21. The molecule has 1 aliphatic rings. The Hall–Kier alpha value is -2.92. The lowest BCUT2D eigenvalue weighted by atomic mass is 9.84. The highest BCUT2D eigenvalue weighted by atomic mass is 16.3. The molecule has 0 saturated carbocycles. The Morgan fingerprint density at radius 2 is 1.68 bits per heavy atom. The summed E-state index contributed by atoms with van der Waals surface area (Å²) in [6.45, 7) is 13.5. The minimum absolute atomic E-state index is 0.104. The molecule has 182 valence electrons. The molecule has 1 unspecified atom stereocenters. The number of rotatable bonds is 6. The van der Waals surface area contributed by atoms with Crippen LogP contribution in [0, 0.1) is 6.92 Å². The Kier molecular flexibility index (Phi) is 7.37. The molecule has 0 bridgehead atoms. The summed E-state index contributed by atoms with van der Waals surface area (Å²) in [5, 5.41) is 11.5. The number of aliphatic hydroxyl groups excluding tert-OH is 1. The van der Waals surface area contributed by atoms with Crippen molar-refractivity contribution >= 4 is 17.4 Å². The summed E-state index contributed by atoms with van der Waals surface area (Å²) in [5.74, 6) is -0.926. The largest absolute Gasteiger partial charge is 0.507 e. The monoisotopic (exact) mass is 462 g/mol. The van der Waals surface area contributed by atoms with Gasteiger partial charge in [0.2, 0.25) is 0 Å². The topological polar surface area (TPSA) is 60.9 Å². The van der Waals surface area contributed by atoms with Crippen LogP contribution in [0.2, 0.25) is 0 Å². The molecule has 1 fully saturated rings. The third kappa shape index (κ3) is 5.10. The van der Waals surface area contributed by atoms with E-state index >= 15 is 0 Å². The van der Waals surface area contributed by atoms with Crippen LogP contribution in [0.1, 0.15) is 74.4 Å². The third-order valence-electron chi connectivity index (χ3n) is 6.61. The second-order valence-corrected chi connectivity index (χ2v) is 10.9. The van der Waals surface area contributed by atoms with Crippen molar-refractivity contribution in [3.63, 3.8) is 0 Å². The fraction of sp³-hybridized carbons (Fsp3) is 0.448. The first-order chi connectivity index (χ1) is 15.8. The predicted octanol–water partition coefficient (Wildman–Crippen LogP) is 5.40. The molecule has 5 nitrogen and oxygen atoms in total. The van der Waals surface area contributed by atoms with E-state index in [0.29, 0.717) is 24.6 Å².